The lowest BCUT2D eigenvalue weighted by Crippen LogP contribution is -2.22. The Morgan fingerprint density at radius 1 is 1.04 bits per heavy atom. The van der Waals surface area contributed by atoms with E-state index in [-0.39, 0.29) is 5.56 Å². The van der Waals surface area contributed by atoms with Gasteiger partial charge in [0.15, 0.2) is 5.82 Å². The van der Waals surface area contributed by atoms with Gasteiger partial charge in [-0.1, -0.05) is 35.0 Å². The van der Waals surface area contributed by atoms with Crippen molar-refractivity contribution in [3.05, 3.63) is 76.1 Å². The van der Waals surface area contributed by atoms with Gasteiger partial charge in [0.25, 0.3) is 11.4 Å². The second-order valence-corrected chi connectivity index (χ2v) is 6.58. The summed E-state index contributed by atoms with van der Waals surface area (Å²) in [5.41, 5.74) is 2.62. The van der Waals surface area contributed by atoms with Crippen LogP contribution in [0.2, 0.25) is 0 Å². The lowest BCUT2D eigenvalue weighted by Gasteiger charge is -2.13. The molecule has 7 nitrogen and oxygen atoms in total. The summed E-state index contributed by atoms with van der Waals surface area (Å²) >= 11 is 0. The zero-order chi connectivity index (χ0) is 18.8. The van der Waals surface area contributed by atoms with Gasteiger partial charge in [0.1, 0.15) is 5.82 Å². The van der Waals surface area contributed by atoms with Gasteiger partial charge in [0.2, 0.25) is 0 Å². The molecule has 1 N–H and O–H groups in total. The van der Waals surface area contributed by atoms with Crippen molar-refractivity contribution in [2.45, 2.75) is 20.0 Å². The minimum absolute atomic E-state index is 0.134. The van der Waals surface area contributed by atoms with E-state index in [1.54, 1.807) is 6.07 Å². The molecule has 0 aliphatic rings. The molecule has 0 fully saturated rings. The average Bonchev–Trinajstić information content (AvgIpc) is 3.10. The van der Waals surface area contributed by atoms with E-state index >= 15 is 0 Å². The smallest absolute Gasteiger partial charge is 0.258 e. The highest BCUT2D eigenvalue weighted by atomic mass is 16.5. The summed E-state index contributed by atoms with van der Waals surface area (Å²) in [7, 11) is 1.91. The Kier molecular flexibility index (Phi) is 4.52. The number of nitrogens with one attached hydrogen (secondary N) is 1. The zero-order valence-electron chi connectivity index (χ0n) is 15.1. The largest absolute Gasteiger partial charge is 0.334 e. The molecule has 0 bridgehead atoms. The van der Waals surface area contributed by atoms with Crippen LogP contribution in [0.15, 0.2) is 57.8 Å². The van der Waals surface area contributed by atoms with Gasteiger partial charge in [-0.05, 0) is 38.2 Å². The Morgan fingerprint density at radius 3 is 2.63 bits per heavy atom. The molecule has 4 rings (SSSR count). The first-order valence-corrected chi connectivity index (χ1v) is 8.64. The van der Waals surface area contributed by atoms with Crippen LogP contribution in [0.4, 0.5) is 0 Å². The number of rotatable bonds is 5. The first-order valence-electron chi connectivity index (χ1n) is 8.64. The number of hydrogen-bond acceptors (Lipinski definition) is 6. The van der Waals surface area contributed by atoms with E-state index in [0.29, 0.717) is 41.5 Å². The summed E-state index contributed by atoms with van der Waals surface area (Å²) in [6.45, 7) is 2.98. The molecule has 0 saturated heterocycles. The molecule has 0 aliphatic heterocycles. The molecule has 2 aromatic carbocycles. The summed E-state index contributed by atoms with van der Waals surface area (Å²) in [5.74, 6) is 1.68. The summed E-state index contributed by atoms with van der Waals surface area (Å²) in [5, 5.41) is 4.63. The van der Waals surface area contributed by atoms with Gasteiger partial charge in [0.05, 0.1) is 24.0 Å². The highest BCUT2D eigenvalue weighted by Gasteiger charge is 2.12. The predicted octanol–water partition coefficient (Wildman–Crippen LogP) is 2.91. The Morgan fingerprint density at radius 2 is 1.81 bits per heavy atom. The first-order chi connectivity index (χ1) is 13.1. The van der Waals surface area contributed by atoms with Crippen molar-refractivity contribution >= 4 is 10.9 Å². The third kappa shape index (κ3) is 3.78. The molecule has 0 radical (unpaired) electrons. The number of fused-ring (bicyclic) bond motifs is 1. The van der Waals surface area contributed by atoms with Gasteiger partial charge in [-0.25, -0.2) is 4.98 Å². The standard InChI is InChI=1S/C20H19N5O2/c1-13-7-9-14(10-8-13)20-23-18(24-27-20)12-25(2)11-17-21-16-6-4-3-5-15(16)19(26)22-17/h3-10H,11-12H2,1-2H3,(H,21,22,26). The van der Waals surface area contributed by atoms with Crippen molar-refractivity contribution in [1.82, 2.24) is 25.0 Å². The third-order valence-corrected chi connectivity index (χ3v) is 4.26. The van der Waals surface area contributed by atoms with Crippen molar-refractivity contribution in [1.29, 1.82) is 0 Å². The molecule has 0 amide bonds. The van der Waals surface area contributed by atoms with Crippen LogP contribution in [0.1, 0.15) is 17.2 Å². The van der Waals surface area contributed by atoms with Gasteiger partial charge < -0.3 is 9.51 Å². The second-order valence-electron chi connectivity index (χ2n) is 6.58. The van der Waals surface area contributed by atoms with Crippen molar-refractivity contribution in [2.75, 3.05) is 7.05 Å². The van der Waals surface area contributed by atoms with Crippen LogP contribution in [0.5, 0.6) is 0 Å². The molecular weight excluding hydrogens is 342 g/mol. The maximum Gasteiger partial charge on any atom is 0.258 e. The van der Waals surface area contributed by atoms with Crippen LogP contribution < -0.4 is 5.56 Å². The molecule has 0 saturated carbocycles. The molecular formula is C20H19N5O2. The maximum absolute atomic E-state index is 12.2. The Labute approximate surface area is 155 Å². The Hall–Kier alpha value is -3.32. The molecule has 0 spiro atoms. The monoisotopic (exact) mass is 361 g/mol. The lowest BCUT2D eigenvalue weighted by atomic mass is 10.1. The minimum atomic E-state index is -0.134. The van der Waals surface area contributed by atoms with E-state index in [0.717, 1.165) is 5.56 Å². The van der Waals surface area contributed by atoms with Crippen molar-refractivity contribution in [2.24, 2.45) is 0 Å². The molecule has 0 aliphatic carbocycles. The molecule has 0 unspecified atom stereocenters. The van der Waals surface area contributed by atoms with Crippen LogP contribution in [-0.2, 0) is 13.1 Å². The van der Waals surface area contributed by atoms with Crippen molar-refractivity contribution < 1.29 is 4.52 Å². The number of aryl methyl sites for hydroxylation is 1. The number of hydrogen-bond donors (Lipinski definition) is 1. The normalized spacial score (nSPS) is 11.4. The number of aromatic amines is 1. The molecule has 2 heterocycles. The molecule has 0 atom stereocenters. The summed E-state index contributed by atoms with van der Waals surface area (Å²) in [6, 6.07) is 15.2. The fraction of sp³-hybridized carbons (Fsp3) is 0.200. The van der Waals surface area contributed by atoms with Crippen LogP contribution in [0.3, 0.4) is 0 Å². The van der Waals surface area contributed by atoms with Crippen LogP contribution in [0, 0.1) is 6.92 Å². The quantitative estimate of drug-likeness (QED) is 0.588. The number of H-pyrrole nitrogens is 1. The van der Waals surface area contributed by atoms with Gasteiger partial charge in [0, 0.05) is 5.56 Å². The molecule has 136 valence electrons. The molecule has 7 heteroatoms. The first kappa shape index (κ1) is 17.1. The lowest BCUT2D eigenvalue weighted by molar-refractivity contribution is 0.295. The van der Waals surface area contributed by atoms with Gasteiger partial charge in [-0.2, -0.15) is 4.98 Å². The Bertz CT molecular complexity index is 1130. The molecule has 4 aromatic rings. The van der Waals surface area contributed by atoms with Crippen LogP contribution in [-0.4, -0.2) is 32.1 Å². The van der Waals surface area contributed by atoms with Crippen LogP contribution >= 0.6 is 0 Å². The molecule has 27 heavy (non-hydrogen) atoms. The van der Waals surface area contributed by atoms with Crippen LogP contribution in [0.25, 0.3) is 22.4 Å². The number of para-hydroxylation sites is 1. The highest BCUT2D eigenvalue weighted by Crippen LogP contribution is 2.18. The maximum atomic E-state index is 12.2. The van der Waals surface area contributed by atoms with E-state index in [2.05, 4.69) is 20.1 Å². The fourth-order valence-corrected chi connectivity index (χ4v) is 2.89. The third-order valence-electron chi connectivity index (χ3n) is 4.26. The van der Waals surface area contributed by atoms with Gasteiger partial charge in [-0.3, -0.25) is 9.69 Å². The number of aromatic nitrogens is 4. The second kappa shape index (κ2) is 7.13. The van der Waals surface area contributed by atoms with E-state index in [1.807, 2.05) is 61.3 Å². The van der Waals surface area contributed by atoms with Crippen molar-refractivity contribution in [3.63, 3.8) is 0 Å². The van der Waals surface area contributed by atoms with Gasteiger partial charge in [-0.15, -0.1) is 0 Å². The summed E-state index contributed by atoms with van der Waals surface area (Å²) in [6.07, 6.45) is 0. The number of benzene rings is 2. The van der Waals surface area contributed by atoms with E-state index in [9.17, 15) is 4.79 Å². The minimum Gasteiger partial charge on any atom is -0.334 e. The Balaban J connectivity index is 1.48. The average molecular weight is 361 g/mol. The molecule has 2 aromatic heterocycles. The zero-order valence-corrected chi connectivity index (χ0v) is 15.1. The van der Waals surface area contributed by atoms with E-state index in [4.69, 9.17) is 4.52 Å². The topological polar surface area (TPSA) is 87.9 Å². The highest BCUT2D eigenvalue weighted by molar-refractivity contribution is 5.77. The summed E-state index contributed by atoms with van der Waals surface area (Å²) in [4.78, 5) is 25.9. The number of nitrogens with zero attached hydrogens (tertiary/aromatic N) is 4. The van der Waals surface area contributed by atoms with E-state index in [1.165, 1.54) is 5.56 Å². The van der Waals surface area contributed by atoms with E-state index < -0.39 is 0 Å². The fourth-order valence-electron chi connectivity index (χ4n) is 2.89. The SMILES string of the molecule is Cc1ccc(-c2nc(CN(C)Cc3nc4ccccc4c(=O)[nH]3)no2)cc1. The predicted molar refractivity (Wildman–Crippen MR) is 102 cm³/mol. The van der Waals surface area contributed by atoms with Crippen molar-refractivity contribution in [3.8, 4) is 11.5 Å². The van der Waals surface area contributed by atoms with Gasteiger partial charge >= 0.3 is 0 Å². The summed E-state index contributed by atoms with van der Waals surface area (Å²) < 4.78 is 5.36.